The van der Waals surface area contributed by atoms with Crippen LogP contribution in [0.1, 0.15) is 20.8 Å². The molecular weight excluding hydrogens is 470 g/mol. The van der Waals surface area contributed by atoms with Gasteiger partial charge in [0.25, 0.3) is 5.69 Å². The third-order valence-corrected chi connectivity index (χ3v) is 7.24. The zero-order chi connectivity index (χ0) is 25.6. The average molecular weight is 493 g/mol. The number of carbonyl (C=O) groups excluding carboxylic acids is 2. The fourth-order valence-electron chi connectivity index (χ4n) is 5.42. The summed E-state index contributed by atoms with van der Waals surface area (Å²) < 4.78 is 7.82. The molecule has 0 bridgehead atoms. The van der Waals surface area contributed by atoms with Gasteiger partial charge in [-0.2, -0.15) is 4.57 Å². The number of para-hydroxylation sites is 1. The van der Waals surface area contributed by atoms with Crippen molar-refractivity contribution in [1.29, 1.82) is 0 Å². The molecule has 38 heavy (non-hydrogen) atoms. The zero-order valence-electron chi connectivity index (χ0n) is 20.4. The van der Waals surface area contributed by atoms with Crippen LogP contribution in [0.25, 0.3) is 43.2 Å². The summed E-state index contributed by atoms with van der Waals surface area (Å²) in [5.41, 5.74) is 1.71. The average Bonchev–Trinajstić information content (AvgIpc) is 2.97. The number of nitrogens with zero attached hydrogens (tertiary/aromatic N) is 1. The molecule has 7 rings (SSSR count). The van der Waals surface area contributed by atoms with Crippen LogP contribution >= 0.6 is 0 Å². The lowest BCUT2D eigenvalue weighted by molar-refractivity contribution is -0.659. The van der Waals surface area contributed by atoms with Gasteiger partial charge in [-0.05, 0) is 45.8 Å². The number of ether oxygens (including phenoxy) is 1. The molecule has 0 spiro atoms. The molecule has 180 valence electrons. The maximum Gasteiger partial charge on any atom is 0.409 e. The summed E-state index contributed by atoms with van der Waals surface area (Å²) >= 11 is 0. The number of benzene rings is 6. The van der Waals surface area contributed by atoms with Crippen LogP contribution in [0.3, 0.4) is 0 Å². The Balaban J connectivity index is 1.33. The van der Waals surface area contributed by atoms with Gasteiger partial charge >= 0.3 is 5.97 Å². The molecule has 4 heteroatoms. The molecule has 1 aromatic heterocycles. The van der Waals surface area contributed by atoms with E-state index >= 15 is 0 Å². The Morgan fingerprint density at radius 2 is 1.21 bits per heavy atom. The quantitative estimate of drug-likeness (QED) is 0.0845. The fraction of sp³-hybridized carbons (Fsp3) is 0.0294. The van der Waals surface area contributed by atoms with Crippen molar-refractivity contribution in [2.45, 2.75) is 6.54 Å². The van der Waals surface area contributed by atoms with Gasteiger partial charge in [0.15, 0.2) is 0 Å². The number of esters is 1. The van der Waals surface area contributed by atoms with Crippen molar-refractivity contribution in [1.82, 2.24) is 0 Å². The van der Waals surface area contributed by atoms with E-state index in [9.17, 15) is 9.59 Å². The number of hydrogen-bond acceptors (Lipinski definition) is 3. The molecule has 0 amide bonds. The monoisotopic (exact) mass is 492 g/mol. The lowest BCUT2D eigenvalue weighted by Gasteiger charge is -2.14. The minimum absolute atomic E-state index is 0.0221. The van der Waals surface area contributed by atoms with Gasteiger partial charge in [-0.1, -0.05) is 84.9 Å². The van der Waals surface area contributed by atoms with Gasteiger partial charge in [0.1, 0.15) is 5.75 Å². The van der Waals surface area contributed by atoms with Crippen LogP contribution in [-0.4, -0.2) is 11.8 Å². The smallest absolute Gasteiger partial charge is 0.409 e. The minimum atomic E-state index is -0.508. The van der Waals surface area contributed by atoms with Crippen molar-refractivity contribution in [3.8, 4) is 5.75 Å². The second kappa shape index (κ2) is 8.79. The number of Topliss-reactive ketones (excluding diaryl/α,β-unsaturated/α-hetero) is 1. The predicted molar refractivity (Wildman–Crippen MR) is 150 cm³/mol. The van der Waals surface area contributed by atoms with E-state index in [4.69, 9.17) is 4.74 Å². The van der Waals surface area contributed by atoms with E-state index in [0.717, 1.165) is 43.2 Å². The van der Waals surface area contributed by atoms with Crippen LogP contribution < -0.4 is 9.30 Å². The van der Waals surface area contributed by atoms with Crippen LogP contribution in [0.2, 0.25) is 0 Å². The molecule has 6 aromatic carbocycles. The number of hydrogen-bond donors (Lipinski definition) is 0. The summed E-state index contributed by atoms with van der Waals surface area (Å²) in [4.78, 5) is 26.9. The maximum absolute atomic E-state index is 13.7. The Bertz CT molecular complexity index is 1990. The van der Waals surface area contributed by atoms with Crippen molar-refractivity contribution in [2.75, 3.05) is 0 Å². The molecule has 1 heterocycles. The lowest BCUT2D eigenvalue weighted by atomic mass is 9.94. The Hall–Kier alpha value is -5.09. The molecule has 0 atom stereocenters. The highest BCUT2D eigenvalue weighted by Crippen LogP contribution is 2.38. The normalized spacial score (nSPS) is 11.5. The minimum Gasteiger partial charge on any atom is -0.418 e. The van der Waals surface area contributed by atoms with E-state index in [1.54, 1.807) is 22.8 Å². The van der Waals surface area contributed by atoms with Gasteiger partial charge in [-0.15, -0.1) is 0 Å². The summed E-state index contributed by atoms with van der Waals surface area (Å²) in [6, 6.07) is 38.9. The molecule has 0 unspecified atom stereocenters. The largest absolute Gasteiger partial charge is 0.418 e. The molecule has 0 fully saturated rings. The Labute approximate surface area is 218 Å². The molecule has 0 aliphatic heterocycles. The molecular formula is C34H22NO3+. The van der Waals surface area contributed by atoms with Gasteiger partial charge in [0.2, 0.25) is 17.8 Å². The first-order chi connectivity index (χ1) is 18.7. The number of carbonyl (C=O) groups is 2. The van der Waals surface area contributed by atoms with E-state index < -0.39 is 5.97 Å². The van der Waals surface area contributed by atoms with Crippen molar-refractivity contribution >= 4 is 55.0 Å². The Kier molecular flexibility index (Phi) is 5.12. The lowest BCUT2D eigenvalue weighted by Crippen LogP contribution is -2.45. The van der Waals surface area contributed by atoms with Crippen molar-refractivity contribution in [3.63, 3.8) is 0 Å². The van der Waals surface area contributed by atoms with Crippen LogP contribution in [0, 0.1) is 0 Å². The van der Waals surface area contributed by atoms with Crippen LogP contribution in [-0.2, 0) is 6.54 Å². The van der Waals surface area contributed by atoms with E-state index in [2.05, 4.69) is 36.4 Å². The number of fused-ring (bicyclic) bond motifs is 1. The third kappa shape index (κ3) is 3.58. The molecule has 0 N–H and O–H groups in total. The number of rotatable bonds is 5. The highest BCUT2D eigenvalue weighted by atomic mass is 16.5. The van der Waals surface area contributed by atoms with Crippen molar-refractivity contribution in [2.24, 2.45) is 0 Å². The summed E-state index contributed by atoms with van der Waals surface area (Å²) in [5.74, 6) is -0.0924. The van der Waals surface area contributed by atoms with E-state index in [0.29, 0.717) is 17.0 Å². The highest BCUT2D eigenvalue weighted by molar-refractivity contribution is 6.24. The van der Waals surface area contributed by atoms with Gasteiger partial charge < -0.3 is 4.74 Å². The molecule has 0 aliphatic rings. The molecule has 7 aromatic rings. The van der Waals surface area contributed by atoms with Gasteiger partial charge in [-0.3, -0.25) is 4.79 Å². The van der Waals surface area contributed by atoms with Crippen molar-refractivity contribution < 1.29 is 18.9 Å². The summed E-state index contributed by atoms with van der Waals surface area (Å²) in [5, 5.41) is 7.46. The number of pyridine rings is 1. The van der Waals surface area contributed by atoms with Gasteiger partial charge in [0, 0.05) is 33.9 Å². The second-order valence-electron chi connectivity index (χ2n) is 9.46. The van der Waals surface area contributed by atoms with Crippen LogP contribution in [0.15, 0.2) is 121 Å². The van der Waals surface area contributed by atoms with Crippen LogP contribution in [0.4, 0.5) is 0 Å². The number of ketones is 1. The zero-order valence-corrected chi connectivity index (χ0v) is 20.4. The summed E-state index contributed by atoms with van der Waals surface area (Å²) in [7, 11) is 0. The Morgan fingerprint density at radius 1 is 0.579 bits per heavy atom. The molecule has 4 nitrogen and oxygen atoms in total. The molecule has 0 radical (unpaired) electrons. The molecule has 0 saturated heterocycles. The second-order valence-corrected chi connectivity index (χ2v) is 9.46. The fourth-order valence-corrected chi connectivity index (χ4v) is 5.42. The summed E-state index contributed by atoms with van der Waals surface area (Å²) in [6.07, 6.45) is 0. The Morgan fingerprint density at radius 3 is 2.03 bits per heavy atom. The van der Waals surface area contributed by atoms with Crippen molar-refractivity contribution in [3.05, 3.63) is 133 Å². The van der Waals surface area contributed by atoms with Crippen LogP contribution in [0.5, 0.6) is 5.75 Å². The van der Waals surface area contributed by atoms with Gasteiger partial charge in [-0.25, -0.2) is 4.79 Å². The molecule has 0 aliphatic carbocycles. The SMILES string of the molecule is O=C(C[n+]1c(C(=O)Oc2ccc3ccc4cccc5ccc2c3c45)ccc2ccccc21)c1ccccc1. The number of aromatic nitrogens is 1. The topological polar surface area (TPSA) is 47.2 Å². The first-order valence-corrected chi connectivity index (χ1v) is 12.6. The standard InChI is InChI=1S/C34H22NO3/c36-30(23-8-2-1-3-9-23)21-35-28-12-5-4-7-22(28)16-19-29(35)34(37)38-31-20-17-26-14-13-24-10-6-11-25-15-18-27(31)33(26)32(24)25/h1-20H,21H2/q+1. The maximum atomic E-state index is 13.7. The molecule has 0 saturated carbocycles. The third-order valence-electron chi connectivity index (χ3n) is 7.24. The highest BCUT2D eigenvalue weighted by Gasteiger charge is 2.27. The summed E-state index contributed by atoms with van der Waals surface area (Å²) in [6.45, 7) is 0.0221. The van der Waals surface area contributed by atoms with E-state index in [-0.39, 0.29) is 12.3 Å². The van der Waals surface area contributed by atoms with E-state index in [1.807, 2.05) is 66.7 Å². The van der Waals surface area contributed by atoms with Gasteiger partial charge in [0.05, 0.1) is 0 Å². The first kappa shape index (κ1) is 22.1. The first-order valence-electron chi connectivity index (χ1n) is 12.6. The van der Waals surface area contributed by atoms with E-state index in [1.165, 1.54) is 0 Å². The predicted octanol–water partition coefficient (Wildman–Crippen LogP) is 7.13.